The fourth-order valence-electron chi connectivity index (χ4n) is 3.09. The summed E-state index contributed by atoms with van der Waals surface area (Å²) in [7, 11) is 0. The van der Waals surface area contributed by atoms with Gasteiger partial charge < -0.3 is 10.4 Å². The first kappa shape index (κ1) is 17.1. The van der Waals surface area contributed by atoms with Crippen molar-refractivity contribution >= 4 is 17.6 Å². The Morgan fingerprint density at radius 1 is 1.32 bits per heavy atom. The van der Waals surface area contributed by atoms with Crippen molar-refractivity contribution < 1.29 is 14.7 Å². The molecule has 130 valence electrons. The highest BCUT2D eigenvalue weighted by molar-refractivity contribution is 5.92. The fraction of sp³-hybridized carbons (Fsp3) is 0.368. The Hall–Kier alpha value is -2.76. The minimum Gasteiger partial charge on any atom is -0.481 e. The predicted molar refractivity (Wildman–Crippen MR) is 93.1 cm³/mol. The minimum atomic E-state index is -0.807. The van der Waals surface area contributed by atoms with Crippen LogP contribution in [0.4, 0.5) is 5.69 Å². The van der Waals surface area contributed by atoms with Gasteiger partial charge in [0.2, 0.25) is 5.91 Å². The molecule has 1 heterocycles. The summed E-state index contributed by atoms with van der Waals surface area (Å²) in [5, 5.41) is 11.9. The zero-order chi connectivity index (χ0) is 17.8. The number of rotatable bonds is 5. The van der Waals surface area contributed by atoms with Gasteiger partial charge in [0.25, 0.3) is 0 Å². The lowest BCUT2D eigenvalue weighted by Gasteiger charge is -2.22. The van der Waals surface area contributed by atoms with Crippen LogP contribution in [0.5, 0.6) is 0 Å². The van der Waals surface area contributed by atoms with E-state index in [1.807, 2.05) is 24.3 Å². The second-order valence-corrected chi connectivity index (χ2v) is 6.56. The Morgan fingerprint density at radius 2 is 2.08 bits per heavy atom. The van der Waals surface area contributed by atoms with E-state index in [1.165, 1.54) is 0 Å². The number of carbonyl (C=O) groups excluding carboxylic acids is 1. The van der Waals surface area contributed by atoms with E-state index in [4.69, 9.17) is 5.11 Å². The summed E-state index contributed by atoms with van der Waals surface area (Å²) in [6, 6.07) is 7.36. The van der Waals surface area contributed by atoms with Crippen LogP contribution in [0.25, 0.3) is 0 Å². The molecule has 25 heavy (non-hydrogen) atoms. The number of fused-ring (bicyclic) bond motifs is 1. The Morgan fingerprint density at radius 3 is 2.80 bits per heavy atom. The molecule has 0 aliphatic heterocycles. The summed E-state index contributed by atoms with van der Waals surface area (Å²) < 4.78 is 0. The van der Waals surface area contributed by atoms with Gasteiger partial charge in [-0.25, -0.2) is 9.97 Å². The molecule has 2 aromatic rings. The normalized spacial score (nSPS) is 17.4. The smallest absolute Gasteiger partial charge is 0.306 e. The number of carboxylic acid groups (broad SMARTS) is 1. The Balaban J connectivity index is 1.59. The molecule has 3 rings (SSSR count). The number of aromatic nitrogens is 2. The highest BCUT2D eigenvalue weighted by Gasteiger charge is 2.25. The lowest BCUT2D eigenvalue weighted by molar-refractivity contribution is -0.141. The van der Waals surface area contributed by atoms with Crippen LogP contribution in [0.3, 0.4) is 0 Å². The van der Waals surface area contributed by atoms with E-state index in [0.717, 1.165) is 35.3 Å². The van der Waals surface area contributed by atoms with Crippen molar-refractivity contribution in [3.63, 3.8) is 0 Å². The van der Waals surface area contributed by atoms with Crippen LogP contribution >= 0.6 is 0 Å². The number of nitrogens with zero attached hydrogens (tertiary/aromatic N) is 2. The number of amides is 1. The maximum atomic E-state index is 12.5. The topological polar surface area (TPSA) is 92.2 Å². The van der Waals surface area contributed by atoms with Crippen molar-refractivity contribution in [1.29, 1.82) is 0 Å². The van der Waals surface area contributed by atoms with Crippen LogP contribution < -0.4 is 5.32 Å². The highest BCUT2D eigenvalue weighted by Crippen LogP contribution is 2.24. The van der Waals surface area contributed by atoms with Crippen molar-refractivity contribution in [3.8, 4) is 0 Å². The van der Waals surface area contributed by atoms with Gasteiger partial charge in [-0.2, -0.15) is 0 Å². The molecular weight excluding hydrogens is 318 g/mol. The molecule has 1 aliphatic carbocycles. The quantitative estimate of drug-likeness (QED) is 0.873. The highest BCUT2D eigenvalue weighted by atomic mass is 16.4. The molecule has 0 saturated heterocycles. The number of aliphatic carboxylic acids is 1. The third kappa shape index (κ3) is 4.21. The average molecular weight is 339 g/mol. The van der Waals surface area contributed by atoms with Gasteiger partial charge in [-0.1, -0.05) is 19.1 Å². The first-order valence-electron chi connectivity index (χ1n) is 8.43. The SMILES string of the molecule is CC(Cc1ccc(NC(=O)C2CCc3ncncc3C2)cc1)C(=O)O. The molecule has 1 aliphatic rings. The van der Waals surface area contributed by atoms with Gasteiger partial charge in [-0.05, 0) is 48.9 Å². The van der Waals surface area contributed by atoms with Crippen LogP contribution in [0, 0.1) is 11.8 Å². The van der Waals surface area contributed by atoms with Crippen LogP contribution in [-0.4, -0.2) is 27.0 Å². The van der Waals surface area contributed by atoms with E-state index in [2.05, 4.69) is 15.3 Å². The number of anilines is 1. The summed E-state index contributed by atoms with van der Waals surface area (Å²) in [5.74, 6) is -1.31. The molecule has 1 amide bonds. The van der Waals surface area contributed by atoms with E-state index in [-0.39, 0.29) is 11.8 Å². The summed E-state index contributed by atoms with van der Waals surface area (Å²) >= 11 is 0. The second kappa shape index (κ2) is 7.42. The third-order valence-corrected chi connectivity index (χ3v) is 4.63. The number of carbonyl (C=O) groups is 2. The van der Waals surface area contributed by atoms with Gasteiger partial charge in [0.05, 0.1) is 5.92 Å². The van der Waals surface area contributed by atoms with E-state index in [0.29, 0.717) is 12.8 Å². The van der Waals surface area contributed by atoms with Crippen LogP contribution in [-0.2, 0) is 28.9 Å². The molecule has 2 atom stereocenters. The first-order chi connectivity index (χ1) is 12.0. The summed E-state index contributed by atoms with van der Waals surface area (Å²) in [4.78, 5) is 31.7. The molecule has 0 spiro atoms. The monoisotopic (exact) mass is 339 g/mol. The maximum Gasteiger partial charge on any atom is 0.306 e. The Kier molecular flexibility index (Phi) is 5.07. The second-order valence-electron chi connectivity index (χ2n) is 6.56. The van der Waals surface area contributed by atoms with Crippen LogP contribution in [0.2, 0.25) is 0 Å². The summed E-state index contributed by atoms with van der Waals surface area (Å²) in [5.41, 5.74) is 3.76. The molecule has 6 heteroatoms. The molecule has 0 radical (unpaired) electrons. The number of aryl methyl sites for hydroxylation is 1. The molecule has 6 nitrogen and oxygen atoms in total. The molecule has 0 saturated carbocycles. The molecule has 1 aromatic heterocycles. The number of carboxylic acids is 1. The lowest BCUT2D eigenvalue weighted by atomic mass is 9.86. The van der Waals surface area contributed by atoms with Gasteiger partial charge in [0.1, 0.15) is 6.33 Å². The zero-order valence-electron chi connectivity index (χ0n) is 14.1. The first-order valence-corrected chi connectivity index (χ1v) is 8.43. The standard InChI is InChI=1S/C19H21N3O3/c1-12(19(24)25)8-13-2-5-16(6-3-13)22-18(23)14-4-7-17-15(9-14)10-20-11-21-17/h2-3,5-6,10-12,14H,4,7-9H2,1H3,(H,22,23)(H,24,25). The minimum absolute atomic E-state index is 0.00107. The molecule has 0 bridgehead atoms. The zero-order valence-corrected chi connectivity index (χ0v) is 14.1. The van der Waals surface area contributed by atoms with Crippen molar-refractivity contribution in [2.75, 3.05) is 5.32 Å². The van der Waals surface area contributed by atoms with Crippen molar-refractivity contribution in [2.45, 2.75) is 32.6 Å². The van der Waals surface area contributed by atoms with Crippen molar-refractivity contribution in [2.24, 2.45) is 11.8 Å². The number of nitrogens with one attached hydrogen (secondary N) is 1. The fourth-order valence-corrected chi connectivity index (χ4v) is 3.09. The van der Waals surface area contributed by atoms with E-state index < -0.39 is 11.9 Å². The van der Waals surface area contributed by atoms with E-state index >= 15 is 0 Å². The summed E-state index contributed by atoms with van der Waals surface area (Å²) in [6.45, 7) is 1.68. The number of hydrogen-bond acceptors (Lipinski definition) is 4. The predicted octanol–water partition coefficient (Wildman–Crippen LogP) is 2.48. The lowest BCUT2D eigenvalue weighted by Crippen LogP contribution is -2.28. The molecule has 2 N–H and O–H groups in total. The van der Waals surface area contributed by atoms with Crippen molar-refractivity contribution in [1.82, 2.24) is 9.97 Å². The van der Waals surface area contributed by atoms with Crippen molar-refractivity contribution in [3.05, 3.63) is 53.6 Å². The molecule has 2 unspecified atom stereocenters. The van der Waals surface area contributed by atoms with Gasteiger partial charge >= 0.3 is 5.97 Å². The van der Waals surface area contributed by atoms with Gasteiger partial charge in [0.15, 0.2) is 0 Å². The number of hydrogen-bond donors (Lipinski definition) is 2. The van der Waals surface area contributed by atoms with Gasteiger partial charge in [0, 0.05) is 23.5 Å². The van der Waals surface area contributed by atoms with Crippen LogP contribution in [0.15, 0.2) is 36.8 Å². The summed E-state index contributed by atoms with van der Waals surface area (Å²) in [6.07, 6.45) is 6.05. The molecule has 0 fully saturated rings. The molecular formula is C19H21N3O3. The largest absolute Gasteiger partial charge is 0.481 e. The van der Waals surface area contributed by atoms with Crippen LogP contribution in [0.1, 0.15) is 30.2 Å². The molecule has 1 aromatic carbocycles. The maximum absolute atomic E-state index is 12.5. The third-order valence-electron chi connectivity index (χ3n) is 4.63. The van der Waals surface area contributed by atoms with Gasteiger partial charge in [-0.15, -0.1) is 0 Å². The Labute approximate surface area is 146 Å². The van der Waals surface area contributed by atoms with E-state index in [1.54, 1.807) is 19.4 Å². The van der Waals surface area contributed by atoms with E-state index in [9.17, 15) is 9.59 Å². The van der Waals surface area contributed by atoms with Gasteiger partial charge in [-0.3, -0.25) is 9.59 Å². The number of benzene rings is 1. The average Bonchev–Trinajstić information content (AvgIpc) is 2.62. The Bertz CT molecular complexity index is 774.